The fourth-order valence-electron chi connectivity index (χ4n) is 2.71. The molecule has 0 radical (unpaired) electrons. The van der Waals surface area contributed by atoms with Crippen molar-refractivity contribution >= 4 is 17.5 Å². The quantitative estimate of drug-likeness (QED) is 0.597. The van der Waals surface area contributed by atoms with Gasteiger partial charge in [-0.1, -0.05) is 48.5 Å². The summed E-state index contributed by atoms with van der Waals surface area (Å²) >= 11 is 0. The molecule has 1 heterocycles. The van der Waals surface area contributed by atoms with E-state index in [1.165, 1.54) is 0 Å². The molecule has 2 N–H and O–H groups in total. The van der Waals surface area contributed by atoms with E-state index in [1.54, 1.807) is 6.20 Å². The standard InChI is InChI=1S/C21H25N5/c1-26(2)16-8-14-22-20-13-15-23-21(25-20)24-19-12-7-6-11-18(19)17-9-4-3-5-10-17/h3-7,9-13,15H,8,14,16H2,1-2H3,(H2,22,23,24,25). The summed E-state index contributed by atoms with van der Waals surface area (Å²) in [6, 6.07) is 20.4. The van der Waals surface area contributed by atoms with Crippen molar-refractivity contribution in [1.82, 2.24) is 14.9 Å². The summed E-state index contributed by atoms with van der Waals surface area (Å²) in [5.74, 6) is 1.42. The molecule has 5 nitrogen and oxygen atoms in total. The number of para-hydroxylation sites is 1. The summed E-state index contributed by atoms with van der Waals surface area (Å²) in [6.45, 7) is 1.93. The first kappa shape index (κ1) is 17.9. The minimum Gasteiger partial charge on any atom is -0.370 e. The van der Waals surface area contributed by atoms with Gasteiger partial charge in [0.2, 0.25) is 5.95 Å². The van der Waals surface area contributed by atoms with Gasteiger partial charge in [0.05, 0.1) is 0 Å². The molecule has 0 atom stereocenters. The molecular weight excluding hydrogens is 322 g/mol. The Labute approximate surface area is 155 Å². The largest absolute Gasteiger partial charge is 0.370 e. The molecule has 0 saturated carbocycles. The van der Waals surface area contributed by atoms with E-state index < -0.39 is 0 Å². The third-order valence-electron chi connectivity index (χ3n) is 4.00. The van der Waals surface area contributed by atoms with E-state index >= 15 is 0 Å². The number of benzene rings is 2. The second-order valence-corrected chi connectivity index (χ2v) is 6.39. The summed E-state index contributed by atoms with van der Waals surface area (Å²) in [4.78, 5) is 11.1. The van der Waals surface area contributed by atoms with E-state index in [2.05, 4.69) is 57.8 Å². The summed E-state index contributed by atoms with van der Waals surface area (Å²) in [5, 5.41) is 6.70. The molecule has 26 heavy (non-hydrogen) atoms. The average Bonchev–Trinajstić information content (AvgIpc) is 2.67. The third-order valence-corrected chi connectivity index (χ3v) is 4.00. The van der Waals surface area contributed by atoms with Gasteiger partial charge in [-0.25, -0.2) is 4.98 Å². The van der Waals surface area contributed by atoms with Crippen LogP contribution in [0.1, 0.15) is 6.42 Å². The number of aromatic nitrogens is 2. The topological polar surface area (TPSA) is 53.1 Å². The maximum absolute atomic E-state index is 4.57. The normalized spacial score (nSPS) is 10.7. The molecule has 1 aromatic heterocycles. The van der Waals surface area contributed by atoms with Gasteiger partial charge in [-0.15, -0.1) is 0 Å². The molecule has 5 heteroatoms. The van der Waals surface area contributed by atoms with Crippen molar-refractivity contribution in [2.24, 2.45) is 0 Å². The van der Waals surface area contributed by atoms with Gasteiger partial charge in [0.25, 0.3) is 0 Å². The van der Waals surface area contributed by atoms with Gasteiger partial charge in [-0.05, 0) is 44.8 Å². The van der Waals surface area contributed by atoms with Gasteiger partial charge in [0.1, 0.15) is 5.82 Å². The molecule has 3 rings (SSSR count). The zero-order valence-corrected chi connectivity index (χ0v) is 15.3. The van der Waals surface area contributed by atoms with Gasteiger partial charge in [-0.2, -0.15) is 4.98 Å². The minimum atomic E-state index is 0.589. The van der Waals surface area contributed by atoms with Crippen LogP contribution in [0.3, 0.4) is 0 Å². The highest BCUT2D eigenvalue weighted by molar-refractivity contribution is 5.79. The molecule has 0 aliphatic heterocycles. The summed E-state index contributed by atoms with van der Waals surface area (Å²) < 4.78 is 0. The van der Waals surface area contributed by atoms with Crippen molar-refractivity contribution in [1.29, 1.82) is 0 Å². The Morgan fingerprint density at radius 3 is 2.50 bits per heavy atom. The van der Waals surface area contributed by atoms with Crippen molar-refractivity contribution in [3.05, 3.63) is 66.9 Å². The van der Waals surface area contributed by atoms with Gasteiger partial charge < -0.3 is 15.5 Å². The summed E-state index contributed by atoms with van der Waals surface area (Å²) in [7, 11) is 4.16. The number of nitrogens with zero attached hydrogens (tertiary/aromatic N) is 3. The van der Waals surface area contributed by atoms with E-state index in [1.807, 2.05) is 42.5 Å². The Kier molecular flexibility index (Phi) is 6.17. The number of rotatable bonds is 8. The van der Waals surface area contributed by atoms with Crippen LogP contribution in [0, 0.1) is 0 Å². The molecule has 0 bridgehead atoms. The highest BCUT2D eigenvalue weighted by atomic mass is 15.1. The first-order valence-corrected chi connectivity index (χ1v) is 8.85. The average molecular weight is 347 g/mol. The van der Waals surface area contributed by atoms with Crippen LogP contribution in [0.15, 0.2) is 66.9 Å². The number of nitrogens with one attached hydrogen (secondary N) is 2. The fraction of sp³-hybridized carbons (Fsp3) is 0.238. The lowest BCUT2D eigenvalue weighted by Gasteiger charge is -2.13. The Morgan fingerprint density at radius 2 is 1.69 bits per heavy atom. The van der Waals surface area contributed by atoms with Gasteiger partial charge in [-0.3, -0.25) is 0 Å². The van der Waals surface area contributed by atoms with Crippen LogP contribution in [-0.4, -0.2) is 42.1 Å². The van der Waals surface area contributed by atoms with Crippen LogP contribution in [0.2, 0.25) is 0 Å². The zero-order valence-electron chi connectivity index (χ0n) is 15.3. The van der Waals surface area contributed by atoms with Crippen molar-refractivity contribution in [3.8, 4) is 11.1 Å². The molecular formula is C21H25N5. The van der Waals surface area contributed by atoms with Crippen LogP contribution >= 0.6 is 0 Å². The lowest BCUT2D eigenvalue weighted by atomic mass is 10.0. The van der Waals surface area contributed by atoms with Crippen molar-refractivity contribution in [2.45, 2.75) is 6.42 Å². The number of hydrogen-bond donors (Lipinski definition) is 2. The van der Waals surface area contributed by atoms with Gasteiger partial charge >= 0.3 is 0 Å². The molecule has 0 saturated heterocycles. The molecule has 0 unspecified atom stereocenters. The SMILES string of the molecule is CN(C)CCCNc1ccnc(Nc2ccccc2-c2ccccc2)n1. The molecule has 2 aromatic carbocycles. The van der Waals surface area contributed by atoms with Crippen molar-refractivity contribution in [2.75, 3.05) is 37.8 Å². The minimum absolute atomic E-state index is 0.589. The number of anilines is 3. The predicted molar refractivity (Wildman–Crippen MR) is 109 cm³/mol. The molecule has 0 fully saturated rings. The monoisotopic (exact) mass is 347 g/mol. The van der Waals surface area contributed by atoms with E-state index in [9.17, 15) is 0 Å². The Balaban J connectivity index is 1.71. The smallest absolute Gasteiger partial charge is 0.229 e. The van der Waals surface area contributed by atoms with Crippen molar-refractivity contribution < 1.29 is 0 Å². The molecule has 0 aliphatic carbocycles. The van der Waals surface area contributed by atoms with E-state index in [-0.39, 0.29) is 0 Å². The Bertz CT molecular complexity index is 817. The lowest BCUT2D eigenvalue weighted by Crippen LogP contribution is -2.16. The zero-order chi connectivity index (χ0) is 18.2. The lowest BCUT2D eigenvalue weighted by molar-refractivity contribution is 0.405. The third kappa shape index (κ3) is 5.04. The van der Waals surface area contributed by atoms with Crippen LogP contribution in [0.25, 0.3) is 11.1 Å². The second kappa shape index (κ2) is 8.97. The maximum Gasteiger partial charge on any atom is 0.229 e. The highest BCUT2D eigenvalue weighted by Crippen LogP contribution is 2.29. The highest BCUT2D eigenvalue weighted by Gasteiger charge is 2.06. The van der Waals surface area contributed by atoms with E-state index in [4.69, 9.17) is 0 Å². The van der Waals surface area contributed by atoms with Crippen LogP contribution in [-0.2, 0) is 0 Å². The van der Waals surface area contributed by atoms with Crippen LogP contribution in [0.4, 0.5) is 17.5 Å². The molecule has 134 valence electrons. The Hall–Kier alpha value is -2.92. The van der Waals surface area contributed by atoms with E-state index in [0.29, 0.717) is 5.95 Å². The summed E-state index contributed by atoms with van der Waals surface area (Å²) in [6.07, 6.45) is 2.84. The van der Waals surface area contributed by atoms with Gasteiger partial charge in [0, 0.05) is 24.0 Å². The molecule has 0 spiro atoms. The second-order valence-electron chi connectivity index (χ2n) is 6.39. The first-order chi connectivity index (χ1) is 12.7. The first-order valence-electron chi connectivity index (χ1n) is 8.85. The summed E-state index contributed by atoms with van der Waals surface area (Å²) in [5.41, 5.74) is 3.28. The van der Waals surface area contributed by atoms with Crippen molar-refractivity contribution in [3.63, 3.8) is 0 Å². The molecule has 0 aliphatic rings. The molecule has 3 aromatic rings. The predicted octanol–water partition coefficient (Wildman–Crippen LogP) is 4.25. The Morgan fingerprint density at radius 1 is 0.923 bits per heavy atom. The molecule has 0 amide bonds. The van der Waals surface area contributed by atoms with Crippen LogP contribution in [0.5, 0.6) is 0 Å². The fourth-order valence-corrected chi connectivity index (χ4v) is 2.71. The number of hydrogen-bond acceptors (Lipinski definition) is 5. The van der Waals surface area contributed by atoms with Crippen LogP contribution < -0.4 is 10.6 Å². The maximum atomic E-state index is 4.57. The van der Waals surface area contributed by atoms with E-state index in [0.717, 1.165) is 42.1 Å². The van der Waals surface area contributed by atoms with Gasteiger partial charge in [0.15, 0.2) is 0 Å².